The van der Waals surface area contributed by atoms with Crippen LogP contribution in [0.1, 0.15) is 23.7 Å². The molecule has 0 fully saturated rings. The summed E-state index contributed by atoms with van der Waals surface area (Å²) in [6.07, 6.45) is 4.82. The molecule has 0 aromatic heterocycles. The van der Waals surface area contributed by atoms with Crippen LogP contribution in [0.5, 0.6) is 0 Å². The van der Waals surface area contributed by atoms with Crippen molar-refractivity contribution in [3.8, 4) is 12.3 Å². The Labute approximate surface area is 83.4 Å². The molecule has 0 amide bonds. The molecule has 1 unspecified atom stereocenters. The standard InChI is InChI=1S/C11H11ClO/c1-3-5-11(13)9-6-4-7-10(12)8(9)2/h1,4,6-7,11,13H,5H2,2H3. The van der Waals surface area contributed by atoms with Gasteiger partial charge >= 0.3 is 0 Å². The normalized spacial score (nSPS) is 12.2. The van der Waals surface area contributed by atoms with Crippen molar-refractivity contribution in [1.29, 1.82) is 0 Å². The zero-order valence-electron chi connectivity index (χ0n) is 7.42. The first-order valence-corrected chi connectivity index (χ1v) is 4.41. The number of hydrogen-bond acceptors (Lipinski definition) is 1. The minimum atomic E-state index is -0.608. The third-order valence-electron chi connectivity index (χ3n) is 1.98. The Morgan fingerprint density at radius 1 is 1.62 bits per heavy atom. The molecule has 13 heavy (non-hydrogen) atoms. The second kappa shape index (κ2) is 4.32. The third kappa shape index (κ3) is 2.24. The van der Waals surface area contributed by atoms with Crippen molar-refractivity contribution in [2.45, 2.75) is 19.4 Å². The maximum Gasteiger partial charge on any atom is 0.0902 e. The fraction of sp³-hybridized carbons (Fsp3) is 0.273. The van der Waals surface area contributed by atoms with Crippen molar-refractivity contribution in [3.63, 3.8) is 0 Å². The van der Waals surface area contributed by atoms with Gasteiger partial charge in [0.1, 0.15) is 0 Å². The summed E-state index contributed by atoms with van der Waals surface area (Å²) in [5.74, 6) is 2.42. The van der Waals surface area contributed by atoms with Gasteiger partial charge in [0, 0.05) is 11.4 Å². The quantitative estimate of drug-likeness (QED) is 0.718. The van der Waals surface area contributed by atoms with Crippen molar-refractivity contribution in [3.05, 3.63) is 34.3 Å². The molecule has 1 rings (SSSR count). The second-order valence-corrected chi connectivity index (χ2v) is 3.29. The lowest BCUT2D eigenvalue weighted by Gasteiger charge is -2.11. The number of halogens is 1. The number of hydrogen-bond donors (Lipinski definition) is 1. The van der Waals surface area contributed by atoms with Gasteiger partial charge in [-0.25, -0.2) is 0 Å². The molecule has 2 heteroatoms. The van der Waals surface area contributed by atoms with Crippen LogP contribution in [0.2, 0.25) is 5.02 Å². The van der Waals surface area contributed by atoms with E-state index in [2.05, 4.69) is 5.92 Å². The largest absolute Gasteiger partial charge is 0.387 e. The first-order valence-electron chi connectivity index (χ1n) is 4.03. The molecular formula is C11H11ClO. The minimum Gasteiger partial charge on any atom is -0.387 e. The smallest absolute Gasteiger partial charge is 0.0902 e. The van der Waals surface area contributed by atoms with Gasteiger partial charge in [-0.1, -0.05) is 23.7 Å². The third-order valence-corrected chi connectivity index (χ3v) is 2.39. The molecule has 1 nitrogen and oxygen atoms in total. The Kier molecular flexibility index (Phi) is 3.36. The summed E-state index contributed by atoms with van der Waals surface area (Å²) in [5, 5.41) is 10.3. The molecule has 0 aliphatic carbocycles. The maximum absolute atomic E-state index is 9.62. The molecule has 0 saturated carbocycles. The van der Waals surface area contributed by atoms with Crippen LogP contribution in [0.15, 0.2) is 18.2 Å². The molecular weight excluding hydrogens is 184 g/mol. The summed E-state index contributed by atoms with van der Waals surface area (Å²) in [5.41, 5.74) is 1.71. The lowest BCUT2D eigenvalue weighted by molar-refractivity contribution is 0.183. The Morgan fingerprint density at radius 2 is 2.31 bits per heavy atom. The summed E-state index contributed by atoms with van der Waals surface area (Å²) in [7, 11) is 0. The molecule has 0 spiro atoms. The van der Waals surface area contributed by atoms with Gasteiger partial charge in [-0.15, -0.1) is 12.3 Å². The summed E-state index contributed by atoms with van der Waals surface area (Å²) >= 11 is 5.90. The fourth-order valence-electron chi connectivity index (χ4n) is 1.21. The van der Waals surface area contributed by atoms with Crippen LogP contribution in [-0.4, -0.2) is 5.11 Å². The van der Waals surface area contributed by atoms with Crippen LogP contribution < -0.4 is 0 Å². The van der Waals surface area contributed by atoms with E-state index in [9.17, 15) is 5.11 Å². The number of aliphatic hydroxyl groups is 1. The van der Waals surface area contributed by atoms with E-state index in [1.165, 1.54) is 0 Å². The SMILES string of the molecule is C#CCC(O)c1cccc(Cl)c1C. The van der Waals surface area contributed by atoms with E-state index in [1.807, 2.05) is 19.1 Å². The van der Waals surface area contributed by atoms with Gasteiger partial charge in [-0.05, 0) is 24.1 Å². The van der Waals surface area contributed by atoms with Crippen LogP contribution in [-0.2, 0) is 0 Å². The predicted octanol–water partition coefficient (Wildman–Crippen LogP) is 2.71. The van der Waals surface area contributed by atoms with Crippen molar-refractivity contribution in [2.75, 3.05) is 0 Å². The molecule has 0 aliphatic heterocycles. The van der Waals surface area contributed by atoms with E-state index < -0.39 is 6.10 Å². The zero-order chi connectivity index (χ0) is 9.84. The van der Waals surface area contributed by atoms with Crippen LogP contribution >= 0.6 is 11.6 Å². The highest BCUT2D eigenvalue weighted by Gasteiger charge is 2.10. The van der Waals surface area contributed by atoms with Gasteiger partial charge in [-0.2, -0.15) is 0 Å². The lowest BCUT2D eigenvalue weighted by atomic mass is 10.0. The van der Waals surface area contributed by atoms with E-state index in [1.54, 1.807) is 6.07 Å². The molecule has 68 valence electrons. The van der Waals surface area contributed by atoms with Crippen molar-refractivity contribution in [2.24, 2.45) is 0 Å². The zero-order valence-corrected chi connectivity index (χ0v) is 8.17. The molecule has 1 aromatic rings. The molecule has 0 aliphatic rings. The average molecular weight is 195 g/mol. The summed E-state index contributed by atoms with van der Waals surface area (Å²) in [6.45, 7) is 1.87. The average Bonchev–Trinajstić information content (AvgIpc) is 2.10. The van der Waals surface area contributed by atoms with E-state index in [0.717, 1.165) is 11.1 Å². The van der Waals surface area contributed by atoms with Crippen LogP contribution in [0.3, 0.4) is 0 Å². The van der Waals surface area contributed by atoms with Crippen LogP contribution in [0.4, 0.5) is 0 Å². The van der Waals surface area contributed by atoms with E-state index in [0.29, 0.717) is 11.4 Å². The summed E-state index contributed by atoms with van der Waals surface area (Å²) < 4.78 is 0. The number of rotatable bonds is 2. The second-order valence-electron chi connectivity index (χ2n) is 2.88. The molecule has 0 saturated heterocycles. The lowest BCUT2D eigenvalue weighted by Crippen LogP contribution is -1.98. The summed E-state index contributed by atoms with van der Waals surface area (Å²) in [6, 6.07) is 5.44. The monoisotopic (exact) mass is 194 g/mol. The van der Waals surface area contributed by atoms with Gasteiger partial charge in [0.2, 0.25) is 0 Å². The van der Waals surface area contributed by atoms with Crippen LogP contribution in [0, 0.1) is 19.3 Å². The molecule has 1 atom stereocenters. The highest BCUT2D eigenvalue weighted by molar-refractivity contribution is 6.31. The molecule has 0 radical (unpaired) electrons. The first kappa shape index (κ1) is 10.1. The van der Waals surface area contributed by atoms with Gasteiger partial charge in [0.15, 0.2) is 0 Å². The van der Waals surface area contributed by atoms with Gasteiger partial charge in [0.25, 0.3) is 0 Å². The number of benzene rings is 1. The molecule has 1 aromatic carbocycles. The van der Waals surface area contributed by atoms with E-state index in [-0.39, 0.29) is 0 Å². The van der Waals surface area contributed by atoms with Crippen LogP contribution in [0.25, 0.3) is 0 Å². The van der Waals surface area contributed by atoms with Crippen molar-refractivity contribution in [1.82, 2.24) is 0 Å². The highest BCUT2D eigenvalue weighted by atomic mass is 35.5. The minimum absolute atomic E-state index is 0.321. The van der Waals surface area contributed by atoms with Gasteiger partial charge < -0.3 is 5.11 Å². The van der Waals surface area contributed by atoms with Gasteiger partial charge in [0.05, 0.1) is 6.10 Å². The number of aliphatic hydroxyl groups excluding tert-OH is 1. The number of terminal acetylenes is 1. The molecule has 0 bridgehead atoms. The van der Waals surface area contributed by atoms with Crippen molar-refractivity contribution >= 4 is 11.6 Å². The Morgan fingerprint density at radius 3 is 2.92 bits per heavy atom. The Balaban J connectivity index is 3.02. The van der Waals surface area contributed by atoms with Crippen molar-refractivity contribution < 1.29 is 5.11 Å². The summed E-state index contributed by atoms with van der Waals surface area (Å²) in [4.78, 5) is 0. The maximum atomic E-state index is 9.62. The van der Waals surface area contributed by atoms with Gasteiger partial charge in [-0.3, -0.25) is 0 Å². The molecule has 1 N–H and O–H groups in total. The highest BCUT2D eigenvalue weighted by Crippen LogP contribution is 2.25. The van der Waals surface area contributed by atoms with E-state index in [4.69, 9.17) is 18.0 Å². The molecule has 0 heterocycles. The predicted molar refractivity (Wildman–Crippen MR) is 54.6 cm³/mol. The Hall–Kier alpha value is -0.970. The first-order chi connectivity index (χ1) is 6.16. The topological polar surface area (TPSA) is 20.2 Å². The fourth-order valence-corrected chi connectivity index (χ4v) is 1.39. The van der Waals surface area contributed by atoms with E-state index >= 15 is 0 Å². The Bertz CT molecular complexity index is 338.